The largest absolute Gasteiger partial charge is 0.309 e. The molecule has 4 nitrogen and oxygen atoms in total. The second kappa shape index (κ2) is 10.9. The van der Waals surface area contributed by atoms with E-state index < -0.39 is 0 Å². The van der Waals surface area contributed by atoms with Crippen molar-refractivity contribution in [3.63, 3.8) is 0 Å². The highest BCUT2D eigenvalue weighted by Gasteiger charge is 2.19. The summed E-state index contributed by atoms with van der Waals surface area (Å²) in [6, 6.07) is 56.8. The third-order valence-corrected chi connectivity index (χ3v) is 9.37. The van der Waals surface area contributed by atoms with E-state index in [-0.39, 0.29) is 0 Å². The number of para-hydroxylation sites is 3. The summed E-state index contributed by atoms with van der Waals surface area (Å²) in [6.07, 6.45) is 0. The first-order valence-electron chi connectivity index (χ1n) is 15.9. The Balaban J connectivity index is 1.32. The maximum absolute atomic E-state index is 9.63. The Morgan fingerprint density at radius 2 is 1.08 bits per heavy atom. The Bertz CT molecular complexity index is 2750. The molecule has 7 aromatic carbocycles. The molecule has 0 saturated carbocycles. The van der Waals surface area contributed by atoms with Gasteiger partial charge in [-0.25, -0.2) is 4.85 Å². The Kier molecular flexibility index (Phi) is 6.22. The molecule has 9 rings (SSSR count). The number of hydrogen-bond acceptors (Lipinski definition) is 1. The molecule has 2 heterocycles. The van der Waals surface area contributed by atoms with Crippen LogP contribution in [0.15, 0.2) is 158 Å². The zero-order valence-corrected chi connectivity index (χ0v) is 25.8. The number of benzene rings is 7. The molecule has 0 atom stereocenters. The zero-order chi connectivity index (χ0) is 32.2. The molecule has 48 heavy (non-hydrogen) atoms. The van der Waals surface area contributed by atoms with Crippen LogP contribution in [0.2, 0.25) is 0 Å². The highest BCUT2D eigenvalue weighted by molar-refractivity contribution is 6.12. The van der Waals surface area contributed by atoms with Gasteiger partial charge in [0.2, 0.25) is 0 Å². The molecule has 0 aliphatic heterocycles. The van der Waals surface area contributed by atoms with Gasteiger partial charge in [0.25, 0.3) is 0 Å². The maximum atomic E-state index is 9.63. The Morgan fingerprint density at radius 3 is 1.75 bits per heavy atom. The SMILES string of the molecule is [C-]#[N+]c1ccc(C#N)cc1-c1ccc(-n2c3ccccc3c3cc(-n4c5ccccc5c5ccccc54)ccc32)c(-c2ccccc2)c1. The van der Waals surface area contributed by atoms with Crippen LogP contribution < -0.4 is 0 Å². The Hall–Kier alpha value is -6.88. The molecule has 0 bridgehead atoms. The Labute approximate surface area is 277 Å². The van der Waals surface area contributed by atoms with Crippen LogP contribution in [0.1, 0.15) is 5.56 Å². The number of nitriles is 1. The van der Waals surface area contributed by atoms with Crippen molar-refractivity contribution in [1.82, 2.24) is 9.13 Å². The van der Waals surface area contributed by atoms with E-state index in [1.165, 1.54) is 32.6 Å². The molecule has 4 heteroatoms. The first kappa shape index (κ1) is 27.4. The second-order valence-corrected chi connectivity index (χ2v) is 12.0. The van der Waals surface area contributed by atoms with Crippen molar-refractivity contribution in [2.24, 2.45) is 0 Å². The van der Waals surface area contributed by atoms with Crippen LogP contribution in [-0.4, -0.2) is 9.13 Å². The fraction of sp³-hybridized carbons (Fsp3) is 0. The van der Waals surface area contributed by atoms with E-state index in [0.717, 1.165) is 44.7 Å². The molecule has 0 radical (unpaired) electrons. The monoisotopic (exact) mass is 610 g/mol. The average molecular weight is 611 g/mol. The van der Waals surface area contributed by atoms with Gasteiger partial charge in [-0.3, -0.25) is 0 Å². The molecule has 0 aliphatic carbocycles. The fourth-order valence-electron chi connectivity index (χ4n) is 7.24. The predicted octanol–water partition coefficient (Wildman–Crippen LogP) is 11.6. The van der Waals surface area contributed by atoms with E-state index in [4.69, 9.17) is 6.57 Å². The molecular formula is C44H26N4. The summed E-state index contributed by atoms with van der Waals surface area (Å²) in [5, 5.41) is 14.5. The van der Waals surface area contributed by atoms with Crippen molar-refractivity contribution in [3.05, 3.63) is 175 Å². The van der Waals surface area contributed by atoms with E-state index in [1.807, 2.05) is 12.1 Å². The molecule has 0 spiro atoms. The van der Waals surface area contributed by atoms with E-state index in [9.17, 15) is 5.26 Å². The number of hydrogen-bond donors (Lipinski definition) is 0. The van der Waals surface area contributed by atoms with Crippen molar-refractivity contribution in [3.8, 4) is 39.7 Å². The molecule has 0 amide bonds. The lowest BCUT2D eigenvalue weighted by Crippen LogP contribution is -1.98. The van der Waals surface area contributed by atoms with Crippen molar-refractivity contribution in [1.29, 1.82) is 5.26 Å². The lowest BCUT2D eigenvalue weighted by atomic mass is 9.95. The number of nitrogens with zero attached hydrogens (tertiary/aromatic N) is 4. The van der Waals surface area contributed by atoms with Gasteiger partial charge in [-0.1, -0.05) is 103 Å². The molecule has 0 fully saturated rings. The van der Waals surface area contributed by atoms with E-state index in [2.05, 4.69) is 154 Å². The lowest BCUT2D eigenvalue weighted by Gasteiger charge is -2.17. The van der Waals surface area contributed by atoms with Gasteiger partial charge in [-0.2, -0.15) is 5.26 Å². The third-order valence-electron chi connectivity index (χ3n) is 9.37. The summed E-state index contributed by atoms with van der Waals surface area (Å²) < 4.78 is 4.72. The van der Waals surface area contributed by atoms with Crippen LogP contribution in [0, 0.1) is 17.9 Å². The van der Waals surface area contributed by atoms with Gasteiger partial charge in [0.05, 0.1) is 46.0 Å². The summed E-state index contributed by atoms with van der Waals surface area (Å²) in [6.45, 7) is 7.81. The molecule has 222 valence electrons. The second-order valence-electron chi connectivity index (χ2n) is 12.0. The van der Waals surface area contributed by atoms with Crippen LogP contribution in [0.25, 0.3) is 82.1 Å². The summed E-state index contributed by atoms with van der Waals surface area (Å²) in [7, 11) is 0. The highest BCUT2D eigenvalue weighted by Crippen LogP contribution is 2.41. The number of rotatable bonds is 4. The number of fused-ring (bicyclic) bond motifs is 6. The topological polar surface area (TPSA) is 38.0 Å². The maximum Gasteiger partial charge on any atom is 0.194 e. The molecule has 2 aromatic heterocycles. The molecule has 0 unspecified atom stereocenters. The standard InChI is InChI=1S/C44H26N4/c1-46-39-22-19-29(28-45)25-36(39)31-20-23-43(37(26-31)30-11-3-2-4-12-30)48-42-18-10-7-15-35(42)38-27-32(21-24-44(38)48)47-40-16-8-5-13-33(40)34-14-6-9-17-41(34)47/h2-27H. The van der Waals surface area contributed by atoms with Crippen molar-refractivity contribution < 1.29 is 0 Å². The van der Waals surface area contributed by atoms with Gasteiger partial charge < -0.3 is 9.13 Å². The quantitative estimate of drug-likeness (QED) is 0.183. The number of aromatic nitrogens is 2. The first-order chi connectivity index (χ1) is 23.7. The van der Waals surface area contributed by atoms with Crippen molar-refractivity contribution in [2.45, 2.75) is 0 Å². The molecule has 9 aromatic rings. The van der Waals surface area contributed by atoms with Gasteiger partial charge in [0.1, 0.15) is 0 Å². The van der Waals surface area contributed by atoms with Crippen LogP contribution in [0.3, 0.4) is 0 Å². The average Bonchev–Trinajstić information content (AvgIpc) is 3.67. The summed E-state index contributed by atoms with van der Waals surface area (Å²) in [4.78, 5) is 3.78. The van der Waals surface area contributed by atoms with Crippen molar-refractivity contribution in [2.75, 3.05) is 0 Å². The van der Waals surface area contributed by atoms with Crippen LogP contribution in [-0.2, 0) is 0 Å². The van der Waals surface area contributed by atoms with Gasteiger partial charge >= 0.3 is 0 Å². The minimum Gasteiger partial charge on any atom is -0.309 e. The molecular weight excluding hydrogens is 585 g/mol. The van der Waals surface area contributed by atoms with Crippen LogP contribution >= 0.6 is 0 Å². The van der Waals surface area contributed by atoms with Crippen LogP contribution in [0.5, 0.6) is 0 Å². The van der Waals surface area contributed by atoms with Gasteiger partial charge in [-0.15, -0.1) is 0 Å². The minimum atomic E-state index is 0.523. The van der Waals surface area contributed by atoms with E-state index in [1.54, 1.807) is 12.1 Å². The predicted molar refractivity (Wildman–Crippen MR) is 197 cm³/mol. The molecule has 0 N–H and O–H groups in total. The normalized spacial score (nSPS) is 11.3. The van der Waals surface area contributed by atoms with Crippen LogP contribution in [0.4, 0.5) is 5.69 Å². The Morgan fingerprint density at radius 1 is 0.479 bits per heavy atom. The molecule has 0 aliphatic rings. The summed E-state index contributed by atoms with van der Waals surface area (Å²) in [5.41, 5.74) is 11.6. The highest BCUT2D eigenvalue weighted by atomic mass is 15.0. The van der Waals surface area contributed by atoms with Gasteiger partial charge in [-0.05, 0) is 71.3 Å². The third kappa shape index (κ3) is 4.14. The first-order valence-corrected chi connectivity index (χ1v) is 15.9. The summed E-state index contributed by atoms with van der Waals surface area (Å²) in [5.74, 6) is 0. The van der Waals surface area contributed by atoms with Crippen molar-refractivity contribution >= 4 is 49.3 Å². The minimum absolute atomic E-state index is 0.523. The van der Waals surface area contributed by atoms with E-state index in [0.29, 0.717) is 11.3 Å². The smallest absolute Gasteiger partial charge is 0.194 e. The summed E-state index contributed by atoms with van der Waals surface area (Å²) >= 11 is 0. The molecule has 0 saturated heterocycles. The zero-order valence-electron chi connectivity index (χ0n) is 25.8. The van der Waals surface area contributed by atoms with Gasteiger partial charge in [0.15, 0.2) is 5.69 Å². The van der Waals surface area contributed by atoms with E-state index >= 15 is 0 Å². The van der Waals surface area contributed by atoms with Gasteiger partial charge in [0, 0.05) is 32.8 Å². The fourth-order valence-corrected chi connectivity index (χ4v) is 7.24. The lowest BCUT2D eigenvalue weighted by molar-refractivity contribution is 1.17.